The molecule has 1 aromatic carbocycles. The van der Waals surface area contributed by atoms with Gasteiger partial charge >= 0.3 is 0 Å². The molecule has 0 aliphatic heterocycles. The van der Waals surface area contributed by atoms with Crippen LogP contribution < -0.4 is 4.74 Å². The highest BCUT2D eigenvalue weighted by Crippen LogP contribution is 2.26. The average molecular weight is 216 g/mol. The smallest absolute Gasteiger partial charge is 0.208 e. The van der Waals surface area contributed by atoms with Gasteiger partial charge < -0.3 is 4.74 Å². The van der Waals surface area contributed by atoms with E-state index in [1.54, 1.807) is 18.2 Å². The summed E-state index contributed by atoms with van der Waals surface area (Å²) in [5, 5.41) is 10.7. The van der Waals surface area contributed by atoms with E-state index in [2.05, 4.69) is 0 Å². The van der Waals surface area contributed by atoms with Crippen LogP contribution in [0.5, 0.6) is 5.75 Å². The van der Waals surface area contributed by atoms with Gasteiger partial charge in [0.25, 0.3) is 0 Å². The van der Waals surface area contributed by atoms with E-state index in [1.165, 1.54) is 7.11 Å². The number of rotatable bonds is 4. The molecule has 14 heavy (non-hydrogen) atoms. The highest BCUT2D eigenvalue weighted by molar-refractivity contribution is 6.31. The maximum Gasteiger partial charge on any atom is 0.208 e. The van der Waals surface area contributed by atoms with Gasteiger partial charge in [0, 0.05) is 21.9 Å². The maximum absolute atomic E-state index is 10.2. The molecule has 0 bridgehead atoms. The van der Waals surface area contributed by atoms with Gasteiger partial charge in [-0.05, 0) is 12.1 Å². The van der Waals surface area contributed by atoms with Gasteiger partial charge in [0.1, 0.15) is 5.75 Å². The van der Waals surface area contributed by atoms with Crippen LogP contribution >= 0.6 is 11.6 Å². The number of hydrogen-bond donors (Lipinski definition) is 0. The normalized spacial score (nSPS) is 9.86. The molecule has 0 aliphatic rings. The lowest BCUT2D eigenvalue weighted by Gasteiger charge is -2.07. The van der Waals surface area contributed by atoms with Crippen LogP contribution in [-0.2, 0) is 6.42 Å². The summed E-state index contributed by atoms with van der Waals surface area (Å²) >= 11 is 5.89. The van der Waals surface area contributed by atoms with Gasteiger partial charge in [-0.2, -0.15) is 0 Å². The second-order valence-electron chi connectivity index (χ2n) is 2.73. The fraction of sp³-hybridized carbons (Fsp3) is 0.333. The van der Waals surface area contributed by atoms with Crippen molar-refractivity contribution in [1.82, 2.24) is 0 Å². The molecule has 0 heterocycles. The molecular weight excluding hydrogens is 206 g/mol. The van der Waals surface area contributed by atoms with Gasteiger partial charge in [-0.1, -0.05) is 17.7 Å². The summed E-state index contributed by atoms with van der Waals surface area (Å²) in [4.78, 5) is 9.83. The van der Waals surface area contributed by atoms with Crippen molar-refractivity contribution in [2.24, 2.45) is 0 Å². The Kier molecular flexibility index (Phi) is 3.71. The largest absolute Gasteiger partial charge is 0.496 e. The first kappa shape index (κ1) is 10.8. The first-order chi connectivity index (χ1) is 6.65. The molecule has 0 radical (unpaired) electrons. The molecule has 0 saturated carbocycles. The van der Waals surface area contributed by atoms with E-state index >= 15 is 0 Å². The SMILES string of the molecule is COc1cccc(Cl)c1CC[N+](=O)[O-]. The Morgan fingerprint density at radius 3 is 2.86 bits per heavy atom. The van der Waals surface area contributed by atoms with E-state index in [0.717, 1.165) is 0 Å². The first-order valence-electron chi connectivity index (χ1n) is 4.08. The van der Waals surface area contributed by atoms with E-state index in [-0.39, 0.29) is 17.9 Å². The molecule has 0 aliphatic carbocycles. The Labute approximate surface area is 86.6 Å². The van der Waals surface area contributed by atoms with Crippen LogP contribution in [0.1, 0.15) is 5.56 Å². The minimum Gasteiger partial charge on any atom is -0.496 e. The molecule has 4 nitrogen and oxygen atoms in total. The number of nitro groups is 1. The lowest BCUT2D eigenvalue weighted by Crippen LogP contribution is -2.05. The summed E-state index contributed by atoms with van der Waals surface area (Å²) in [5.74, 6) is 0.597. The van der Waals surface area contributed by atoms with Gasteiger partial charge in [0.05, 0.1) is 7.11 Å². The molecule has 0 fully saturated rings. The zero-order valence-electron chi connectivity index (χ0n) is 7.70. The molecule has 0 spiro atoms. The Bertz CT molecular complexity index is 341. The van der Waals surface area contributed by atoms with Crippen LogP contribution in [0.3, 0.4) is 0 Å². The van der Waals surface area contributed by atoms with Crippen molar-refractivity contribution in [3.05, 3.63) is 38.9 Å². The van der Waals surface area contributed by atoms with Gasteiger partial charge in [-0.15, -0.1) is 0 Å². The number of benzene rings is 1. The van der Waals surface area contributed by atoms with Crippen LogP contribution in [-0.4, -0.2) is 18.6 Å². The van der Waals surface area contributed by atoms with Gasteiger partial charge in [0.15, 0.2) is 0 Å². The third-order valence-electron chi connectivity index (χ3n) is 1.84. The third-order valence-corrected chi connectivity index (χ3v) is 2.19. The quantitative estimate of drug-likeness (QED) is 0.571. The molecular formula is C9H10ClNO3. The minimum atomic E-state index is -0.372. The van der Waals surface area contributed by atoms with Crippen molar-refractivity contribution >= 4 is 11.6 Å². The van der Waals surface area contributed by atoms with Crippen molar-refractivity contribution in [1.29, 1.82) is 0 Å². The lowest BCUT2D eigenvalue weighted by molar-refractivity contribution is -0.479. The van der Waals surface area contributed by atoms with Crippen molar-refractivity contribution in [2.45, 2.75) is 6.42 Å². The average Bonchev–Trinajstić information content (AvgIpc) is 2.15. The van der Waals surface area contributed by atoms with Crippen LogP contribution in [0.25, 0.3) is 0 Å². The number of nitrogens with zero attached hydrogens (tertiary/aromatic N) is 1. The summed E-state index contributed by atoms with van der Waals surface area (Å²) in [7, 11) is 1.52. The predicted molar refractivity (Wildman–Crippen MR) is 53.6 cm³/mol. The van der Waals surface area contributed by atoms with Crippen molar-refractivity contribution in [3.63, 3.8) is 0 Å². The topological polar surface area (TPSA) is 52.4 Å². The number of methoxy groups -OCH3 is 1. The molecule has 0 aromatic heterocycles. The van der Waals surface area contributed by atoms with Gasteiger partial charge in [0.2, 0.25) is 6.54 Å². The molecule has 0 saturated heterocycles. The molecule has 5 heteroatoms. The zero-order valence-corrected chi connectivity index (χ0v) is 8.45. The zero-order chi connectivity index (χ0) is 10.6. The third kappa shape index (κ3) is 2.60. The predicted octanol–water partition coefficient (Wildman–Crippen LogP) is 2.17. The van der Waals surface area contributed by atoms with E-state index < -0.39 is 0 Å². The van der Waals surface area contributed by atoms with Crippen LogP contribution in [0.2, 0.25) is 5.02 Å². The summed E-state index contributed by atoms with van der Waals surface area (Å²) in [6.45, 7) is -0.139. The first-order valence-corrected chi connectivity index (χ1v) is 4.46. The fourth-order valence-electron chi connectivity index (χ4n) is 1.18. The van der Waals surface area contributed by atoms with E-state index in [1.807, 2.05) is 0 Å². The highest BCUT2D eigenvalue weighted by Gasteiger charge is 2.09. The second kappa shape index (κ2) is 4.81. The molecule has 0 amide bonds. The maximum atomic E-state index is 10.2. The van der Waals surface area contributed by atoms with Gasteiger partial charge in [-0.3, -0.25) is 10.1 Å². The highest BCUT2D eigenvalue weighted by atomic mass is 35.5. The molecule has 1 aromatic rings. The Balaban J connectivity index is 2.87. The second-order valence-corrected chi connectivity index (χ2v) is 3.13. The Morgan fingerprint density at radius 1 is 1.57 bits per heavy atom. The number of ether oxygens (including phenoxy) is 1. The van der Waals surface area contributed by atoms with Crippen molar-refractivity contribution in [2.75, 3.05) is 13.7 Å². The Hall–Kier alpha value is -1.29. The molecule has 76 valence electrons. The standard InChI is InChI=1S/C9H10ClNO3/c1-14-9-4-2-3-8(10)7(9)5-6-11(12)13/h2-4H,5-6H2,1H3. The summed E-state index contributed by atoms with van der Waals surface area (Å²) in [6.07, 6.45) is 0.288. The summed E-state index contributed by atoms with van der Waals surface area (Å²) < 4.78 is 5.05. The van der Waals surface area contributed by atoms with Crippen LogP contribution in [0.4, 0.5) is 0 Å². The molecule has 0 N–H and O–H groups in total. The van der Waals surface area contributed by atoms with Crippen LogP contribution in [0.15, 0.2) is 18.2 Å². The van der Waals surface area contributed by atoms with E-state index in [9.17, 15) is 10.1 Å². The van der Waals surface area contributed by atoms with Crippen LogP contribution in [0, 0.1) is 10.1 Å². The van der Waals surface area contributed by atoms with E-state index in [4.69, 9.17) is 16.3 Å². The monoisotopic (exact) mass is 215 g/mol. The minimum absolute atomic E-state index is 0.139. The lowest BCUT2D eigenvalue weighted by atomic mass is 10.1. The van der Waals surface area contributed by atoms with Crippen molar-refractivity contribution < 1.29 is 9.66 Å². The summed E-state index contributed by atoms with van der Waals surface area (Å²) in [5.41, 5.74) is 0.688. The summed E-state index contributed by atoms with van der Waals surface area (Å²) in [6, 6.07) is 5.18. The fourth-order valence-corrected chi connectivity index (χ4v) is 1.44. The number of hydrogen-bond acceptors (Lipinski definition) is 3. The van der Waals surface area contributed by atoms with Gasteiger partial charge in [-0.25, -0.2) is 0 Å². The number of halogens is 1. The van der Waals surface area contributed by atoms with E-state index in [0.29, 0.717) is 16.3 Å². The van der Waals surface area contributed by atoms with Crippen molar-refractivity contribution in [3.8, 4) is 5.75 Å². The Morgan fingerprint density at radius 2 is 2.29 bits per heavy atom. The molecule has 0 unspecified atom stereocenters. The molecule has 0 atom stereocenters. The molecule has 1 rings (SSSR count).